The third-order valence-corrected chi connectivity index (χ3v) is 1.91. The molecule has 0 unspecified atom stereocenters. The Morgan fingerprint density at radius 2 is 2.00 bits per heavy atom. The Balaban J connectivity index is 2.91. The van der Waals surface area contributed by atoms with Crippen molar-refractivity contribution in [3.8, 4) is 0 Å². The Bertz CT molecular complexity index is 324. The fourth-order valence-corrected chi connectivity index (χ4v) is 1.01. The second-order valence-electron chi connectivity index (χ2n) is 3.84. The highest BCUT2D eigenvalue weighted by atomic mass is 19.1. The van der Waals surface area contributed by atoms with Crippen LogP contribution in [0.15, 0.2) is 18.2 Å². The van der Waals surface area contributed by atoms with E-state index in [0.717, 1.165) is 18.2 Å². The monoisotopic (exact) mass is 200 g/mol. The van der Waals surface area contributed by atoms with Gasteiger partial charge in [0.15, 0.2) is 0 Å². The van der Waals surface area contributed by atoms with E-state index in [9.17, 15) is 8.78 Å². The van der Waals surface area contributed by atoms with Gasteiger partial charge in [-0.05, 0) is 32.0 Å². The largest absolute Gasteiger partial charge is 0.376 e. The van der Waals surface area contributed by atoms with Crippen LogP contribution in [0.2, 0.25) is 0 Å². The third kappa shape index (κ3) is 2.67. The summed E-state index contributed by atoms with van der Waals surface area (Å²) in [4.78, 5) is 0. The molecule has 0 aliphatic carbocycles. The molecule has 1 aromatic carbocycles. The van der Waals surface area contributed by atoms with Gasteiger partial charge in [-0.15, -0.1) is 0 Å². The average molecular weight is 200 g/mol. The predicted molar refractivity (Wildman–Crippen MR) is 53.1 cm³/mol. The molecule has 0 fully saturated rings. The SMILES string of the molecule is CC(C)(CN)Nc1cc(F)ccc1F. The van der Waals surface area contributed by atoms with Crippen LogP contribution in [0.3, 0.4) is 0 Å². The molecule has 0 saturated heterocycles. The van der Waals surface area contributed by atoms with Crippen LogP contribution in [0.5, 0.6) is 0 Å². The minimum absolute atomic E-state index is 0.139. The minimum Gasteiger partial charge on any atom is -0.376 e. The summed E-state index contributed by atoms with van der Waals surface area (Å²) < 4.78 is 26.0. The van der Waals surface area contributed by atoms with Crippen LogP contribution in [-0.2, 0) is 0 Å². The van der Waals surface area contributed by atoms with Crippen LogP contribution in [0.1, 0.15) is 13.8 Å². The lowest BCUT2D eigenvalue weighted by atomic mass is 10.1. The molecule has 1 rings (SSSR count). The van der Waals surface area contributed by atoms with Crippen molar-refractivity contribution in [2.24, 2.45) is 5.73 Å². The van der Waals surface area contributed by atoms with E-state index in [1.165, 1.54) is 0 Å². The number of hydrogen-bond donors (Lipinski definition) is 2. The molecular formula is C10H14F2N2. The van der Waals surface area contributed by atoms with E-state index in [-0.39, 0.29) is 5.69 Å². The molecule has 14 heavy (non-hydrogen) atoms. The van der Waals surface area contributed by atoms with E-state index in [4.69, 9.17) is 5.73 Å². The van der Waals surface area contributed by atoms with Gasteiger partial charge in [0.2, 0.25) is 0 Å². The van der Waals surface area contributed by atoms with Crippen LogP contribution in [0.25, 0.3) is 0 Å². The molecule has 1 aromatic rings. The van der Waals surface area contributed by atoms with Crippen molar-refractivity contribution in [2.45, 2.75) is 19.4 Å². The molecule has 78 valence electrons. The number of nitrogens with one attached hydrogen (secondary N) is 1. The summed E-state index contributed by atoms with van der Waals surface area (Å²) in [6, 6.07) is 3.28. The van der Waals surface area contributed by atoms with E-state index in [0.29, 0.717) is 6.54 Å². The van der Waals surface area contributed by atoms with Gasteiger partial charge in [0.25, 0.3) is 0 Å². The van der Waals surface area contributed by atoms with E-state index >= 15 is 0 Å². The van der Waals surface area contributed by atoms with Gasteiger partial charge in [-0.3, -0.25) is 0 Å². The summed E-state index contributed by atoms with van der Waals surface area (Å²) in [6.45, 7) is 3.97. The van der Waals surface area contributed by atoms with E-state index < -0.39 is 17.2 Å². The maximum absolute atomic E-state index is 13.2. The van der Waals surface area contributed by atoms with E-state index in [1.54, 1.807) is 0 Å². The van der Waals surface area contributed by atoms with Crippen molar-refractivity contribution in [1.29, 1.82) is 0 Å². The fraction of sp³-hybridized carbons (Fsp3) is 0.400. The first-order chi connectivity index (χ1) is 6.44. The molecule has 0 aliphatic heterocycles. The highest BCUT2D eigenvalue weighted by Gasteiger charge is 2.16. The Hall–Kier alpha value is -1.16. The topological polar surface area (TPSA) is 38.0 Å². The molecule has 0 radical (unpaired) electrons. The lowest BCUT2D eigenvalue weighted by Gasteiger charge is -2.25. The molecule has 0 aliphatic rings. The third-order valence-electron chi connectivity index (χ3n) is 1.91. The second-order valence-corrected chi connectivity index (χ2v) is 3.84. The lowest BCUT2D eigenvalue weighted by Crippen LogP contribution is -2.39. The fourth-order valence-electron chi connectivity index (χ4n) is 1.01. The summed E-state index contributed by atoms with van der Waals surface area (Å²) in [7, 11) is 0. The van der Waals surface area contributed by atoms with Crippen molar-refractivity contribution in [3.63, 3.8) is 0 Å². The first-order valence-electron chi connectivity index (χ1n) is 4.38. The summed E-state index contributed by atoms with van der Waals surface area (Å²) >= 11 is 0. The Kier molecular flexibility index (Phi) is 3.06. The Morgan fingerprint density at radius 1 is 1.36 bits per heavy atom. The molecule has 3 N–H and O–H groups in total. The van der Waals surface area contributed by atoms with E-state index in [1.807, 2.05) is 13.8 Å². The number of benzene rings is 1. The van der Waals surface area contributed by atoms with Crippen molar-refractivity contribution in [3.05, 3.63) is 29.8 Å². The molecular weight excluding hydrogens is 186 g/mol. The summed E-state index contributed by atoms with van der Waals surface area (Å²) in [5, 5.41) is 2.84. The number of hydrogen-bond acceptors (Lipinski definition) is 2. The zero-order valence-corrected chi connectivity index (χ0v) is 8.27. The van der Waals surface area contributed by atoms with Crippen LogP contribution in [0, 0.1) is 11.6 Å². The zero-order chi connectivity index (χ0) is 10.8. The van der Waals surface area contributed by atoms with Crippen molar-refractivity contribution >= 4 is 5.69 Å². The number of halogens is 2. The predicted octanol–water partition coefficient (Wildman–Crippen LogP) is 2.11. The van der Waals surface area contributed by atoms with Crippen molar-refractivity contribution in [2.75, 3.05) is 11.9 Å². The normalized spacial score (nSPS) is 11.5. The maximum atomic E-state index is 13.2. The van der Waals surface area contributed by atoms with Gasteiger partial charge in [0, 0.05) is 12.1 Å². The van der Waals surface area contributed by atoms with Gasteiger partial charge < -0.3 is 11.1 Å². The summed E-state index contributed by atoms with van der Waals surface area (Å²) in [6.07, 6.45) is 0. The van der Waals surface area contributed by atoms with Gasteiger partial charge in [-0.1, -0.05) is 0 Å². The van der Waals surface area contributed by atoms with Crippen LogP contribution < -0.4 is 11.1 Å². The lowest BCUT2D eigenvalue weighted by molar-refractivity contribution is 0.559. The van der Waals surface area contributed by atoms with Crippen LogP contribution >= 0.6 is 0 Å². The zero-order valence-electron chi connectivity index (χ0n) is 8.27. The highest BCUT2D eigenvalue weighted by molar-refractivity contribution is 5.46. The smallest absolute Gasteiger partial charge is 0.146 e. The van der Waals surface area contributed by atoms with Crippen LogP contribution in [-0.4, -0.2) is 12.1 Å². The first kappa shape index (κ1) is 10.9. The van der Waals surface area contributed by atoms with Gasteiger partial charge in [-0.25, -0.2) is 8.78 Å². The molecule has 2 nitrogen and oxygen atoms in total. The minimum atomic E-state index is -0.479. The number of nitrogens with two attached hydrogens (primary N) is 1. The molecule has 0 bridgehead atoms. The molecule has 0 aromatic heterocycles. The molecule has 0 spiro atoms. The Labute approximate surface area is 82.1 Å². The van der Waals surface area contributed by atoms with Crippen molar-refractivity contribution in [1.82, 2.24) is 0 Å². The Morgan fingerprint density at radius 3 is 2.57 bits per heavy atom. The molecule has 0 heterocycles. The summed E-state index contributed by atoms with van der Waals surface area (Å²) in [5.41, 5.74) is 5.15. The van der Waals surface area contributed by atoms with Gasteiger partial charge in [0.05, 0.1) is 5.69 Å². The van der Waals surface area contributed by atoms with E-state index in [2.05, 4.69) is 5.32 Å². The highest BCUT2D eigenvalue weighted by Crippen LogP contribution is 2.19. The molecule has 0 amide bonds. The number of anilines is 1. The number of rotatable bonds is 3. The van der Waals surface area contributed by atoms with Gasteiger partial charge >= 0.3 is 0 Å². The second kappa shape index (κ2) is 3.92. The molecule has 4 heteroatoms. The average Bonchev–Trinajstić information content (AvgIpc) is 2.11. The standard InChI is InChI=1S/C10H14F2N2/c1-10(2,6-13)14-9-5-7(11)3-4-8(9)12/h3-5,14H,6,13H2,1-2H3. The van der Waals surface area contributed by atoms with Crippen molar-refractivity contribution < 1.29 is 8.78 Å². The maximum Gasteiger partial charge on any atom is 0.146 e. The summed E-state index contributed by atoms with van der Waals surface area (Å²) in [5.74, 6) is -0.949. The quantitative estimate of drug-likeness (QED) is 0.784. The van der Waals surface area contributed by atoms with Gasteiger partial charge in [-0.2, -0.15) is 0 Å². The van der Waals surface area contributed by atoms with Crippen LogP contribution in [0.4, 0.5) is 14.5 Å². The molecule has 0 saturated carbocycles. The first-order valence-corrected chi connectivity index (χ1v) is 4.38. The van der Waals surface area contributed by atoms with Gasteiger partial charge in [0.1, 0.15) is 11.6 Å². The molecule has 0 atom stereocenters.